The van der Waals surface area contributed by atoms with E-state index < -0.39 is 0 Å². The molecule has 0 aliphatic carbocycles. The van der Waals surface area contributed by atoms with E-state index in [0.717, 1.165) is 36.3 Å². The van der Waals surface area contributed by atoms with Crippen LogP contribution in [0.3, 0.4) is 0 Å². The number of amides is 1. The molecule has 1 aliphatic rings. The third kappa shape index (κ3) is 5.55. The van der Waals surface area contributed by atoms with Gasteiger partial charge >= 0.3 is 0 Å². The number of rotatable bonds is 9. The van der Waals surface area contributed by atoms with E-state index in [4.69, 9.17) is 14.0 Å². The second-order valence-electron chi connectivity index (χ2n) is 7.51. The van der Waals surface area contributed by atoms with E-state index in [2.05, 4.69) is 34.7 Å². The van der Waals surface area contributed by atoms with Gasteiger partial charge in [-0.05, 0) is 23.1 Å². The van der Waals surface area contributed by atoms with Gasteiger partial charge in [-0.2, -0.15) is 0 Å². The van der Waals surface area contributed by atoms with Crippen molar-refractivity contribution in [3.05, 3.63) is 77.7 Å². The van der Waals surface area contributed by atoms with Crippen molar-refractivity contribution in [3.8, 4) is 11.1 Å². The zero-order valence-corrected chi connectivity index (χ0v) is 16.9. The van der Waals surface area contributed by atoms with Gasteiger partial charge in [-0.3, -0.25) is 4.79 Å². The molecule has 1 amide bonds. The summed E-state index contributed by atoms with van der Waals surface area (Å²) >= 11 is 0. The summed E-state index contributed by atoms with van der Waals surface area (Å²) in [6.07, 6.45) is 1.20. The Kier molecular flexibility index (Phi) is 6.90. The zero-order valence-electron chi connectivity index (χ0n) is 16.9. The number of carbonyl (C=O) groups excluding carboxylic acids is 1. The molecular formula is C24H26N2O4. The maximum atomic E-state index is 12.1. The second-order valence-corrected chi connectivity index (χ2v) is 7.51. The minimum atomic E-state index is -0.0561. The van der Waals surface area contributed by atoms with Gasteiger partial charge < -0.3 is 19.3 Å². The molecule has 1 saturated heterocycles. The first-order valence-electron chi connectivity index (χ1n) is 10.3. The van der Waals surface area contributed by atoms with Gasteiger partial charge in [0.2, 0.25) is 5.91 Å². The highest BCUT2D eigenvalue weighted by molar-refractivity contribution is 5.78. The van der Waals surface area contributed by atoms with Crippen molar-refractivity contribution in [2.75, 3.05) is 19.8 Å². The molecule has 6 nitrogen and oxygen atoms in total. The van der Waals surface area contributed by atoms with Gasteiger partial charge in [-0.25, -0.2) is 0 Å². The summed E-state index contributed by atoms with van der Waals surface area (Å²) < 4.78 is 16.5. The molecule has 1 aromatic heterocycles. The molecule has 2 heterocycles. The first kappa shape index (κ1) is 20.3. The monoisotopic (exact) mass is 406 g/mol. The molecule has 0 radical (unpaired) electrons. The fourth-order valence-electron chi connectivity index (χ4n) is 3.54. The number of benzene rings is 2. The Morgan fingerprint density at radius 2 is 1.93 bits per heavy atom. The number of nitrogens with one attached hydrogen (secondary N) is 1. The molecule has 6 heteroatoms. The van der Waals surface area contributed by atoms with E-state index in [1.165, 1.54) is 0 Å². The minimum Gasteiger partial charge on any atom is -0.381 e. The van der Waals surface area contributed by atoms with E-state index in [1.807, 2.05) is 30.3 Å². The molecule has 0 saturated carbocycles. The number of ether oxygens (including phenoxy) is 2. The summed E-state index contributed by atoms with van der Waals surface area (Å²) in [6, 6.07) is 20.2. The van der Waals surface area contributed by atoms with Gasteiger partial charge in [0, 0.05) is 25.1 Å². The highest BCUT2D eigenvalue weighted by Crippen LogP contribution is 2.24. The van der Waals surface area contributed by atoms with Gasteiger partial charge in [0.1, 0.15) is 6.61 Å². The van der Waals surface area contributed by atoms with Crippen molar-refractivity contribution in [2.24, 2.45) is 5.92 Å². The minimum absolute atomic E-state index is 0.0561. The van der Waals surface area contributed by atoms with Crippen LogP contribution in [0.1, 0.15) is 23.4 Å². The van der Waals surface area contributed by atoms with Gasteiger partial charge in [0.25, 0.3) is 0 Å². The number of nitrogens with zero attached hydrogens (tertiary/aromatic N) is 1. The largest absolute Gasteiger partial charge is 0.381 e. The molecule has 1 unspecified atom stereocenters. The van der Waals surface area contributed by atoms with E-state index in [9.17, 15) is 4.79 Å². The molecular weight excluding hydrogens is 380 g/mol. The van der Waals surface area contributed by atoms with Crippen LogP contribution in [0.25, 0.3) is 11.1 Å². The van der Waals surface area contributed by atoms with E-state index >= 15 is 0 Å². The molecule has 1 atom stereocenters. The van der Waals surface area contributed by atoms with E-state index in [-0.39, 0.29) is 12.3 Å². The van der Waals surface area contributed by atoms with Crippen molar-refractivity contribution < 1.29 is 18.8 Å². The van der Waals surface area contributed by atoms with Crippen LogP contribution in [-0.4, -0.2) is 30.8 Å². The van der Waals surface area contributed by atoms with Crippen molar-refractivity contribution in [2.45, 2.75) is 26.1 Å². The molecule has 30 heavy (non-hydrogen) atoms. The predicted octanol–water partition coefficient (Wildman–Crippen LogP) is 3.75. The Labute approximate surface area is 176 Å². The highest BCUT2D eigenvalue weighted by atomic mass is 16.5. The van der Waals surface area contributed by atoms with Crippen LogP contribution in [0.5, 0.6) is 0 Å². The Balaban J connectivity index is 1.26. The van der Waals surface area contributed by atoms with Gasteiger partial charge in [-0.1, -0.05) is 59.8 Å². The van der Waals surface area contributed by atoms with Gasteiger partial charge in [0.15, 0.2) is 5.76 Å². The standard InChI is InChI=1S/C24H26N2O4/c27-24(25-14-18-10-11-28-15-18)13-21-12-22(30-26-21)17-29-16-20-8-4-5-9-23(20)19-6-2-1-3-7-19/h1-9,12,18H,10-11,13-17H2,(H,25,27). The first-order valence-corrected chi connectivity index (χ1v) is 10.3. The lowest BCUT2D eigenvalue weighted by molar-refractivity contribution is -0.120. The molecule has 3 aromatic rings. The lowest BCUT2D eigenvalue weighted by Gasteiger charge is -2.09. The van der Waals surface area contributed by atoms with Gasteiger partial charge in [-0.15, -0.1) is 0 Å². The average molecular weight is 406 g/mol. The van der Waals surface area contributed by atoms with Crippen LogP contribution < -0.4 is 5.32 Å². The molecule has 0 bridgehead atoms. The number of hydrogen-bond acceptors (Lipinski definition) is 5. The van der Waals surface area contributed by atoms with Crippen LogP contribution in [-0.2, 0) is 33.9 Å². The van der Waals surface area contributed by atoms with Crippen molar-refractivity contribution >= 4 is 5.91 Å². The third-order valence-corrected chi connectivity index (χ3v) is 5.17. The second kappa shape index (κ2) is 10.2. The van der Waals surface area contributed by atoms with Crippen LogP contribution in [0.4, 0.5) is 0 Å². The number of hydrogen-bond donors (Lipinski definition) is 1. The van der Waals surface area contributed by atoms with Crippen LogP contribution >= 0.6 is 0 Å². The van der Waals surface area contributed by atoms with Crippen LogP contribution in [0.2, 0.25) is 0 Å². The number of carbonyl (C=O) groups is 1. The lowest BCUT2D eigenvalue weighted by atomic mass is 10.0. The summed E-state index contributed by atoms with van der Waals surface area (Å²) in [5.74, 6) is 0.965. The Bertz CT molecular complexity index is 949. The van der Waals surface area contributed by atoms with Gasteiger partial charge in [0.05, 0.1) is 25.3 Å². The van der Waals surface area contributed by atoms with E-state index in [1.54, 1.807) is 6.07 Å². The molecule has 1 fully saturated rings. The summed E-state index contributed by atoms with van der Waals surface area (Å²) in [5, 5.41) is 6.92. The Hall–Kier alpha value is -2.96. The van der Waals surface area contributed by atoms with Crippen molar-refractivity contribution in [1.29, 1.82) is 0 Å². The predicted molar refractivity (Wildman–Crippen MR) is 113 cm³/mol. The molecule has 4 rings (SSSR count). The molecule has 156 valence electrons. The smallest absolute Gasteiger partial charge is 0.226 e. The zero-order chi connectivity index (χ0) is 20.6. The van der Waals surface area contributed by atoms with Crippen LogP contribution in [0.15, 0.2) is 65.2 Å². The fourth-order valence-corrected chi connectivity index (χ4v) is 3.54. The topological polar surface area (TPSA) is 73.6 Å². The molecule has 1 N–H and O–H groups in total. The summed E-state index contributed by atoms with van der Waals surface area (Å²) in [5.41, 5.74) is 4.03. The summed E-state index contributed by atoms with van der Waals surface area (Å²) in [6.45, 7) is 2.91. The quantitative estimate of drug-likeness (QED) is 0.586. The summed E-state index contributed by atoms with van der Waals surface area (Å²) in [7, 11) is 0. The third-order valence-electron chi connectivity index (χ3n) is 5.17. The van der Waals surface area contributed by atoms with Crippen molar-refractivity contribution in [3.63, 3.8) is 0 Å². The maximum absolute atomic E-state index is 12.1. The summed E-state index contributed by atoms with van der Waals surface area (Å²) in [4.78, 5) is 12.1. The molecule has 2 aromatic carbocycles. The molecule has 1 aliphatic heterocycles. The Morgan fingerprint density at radius 1 is 1.10 bits per heavy atom. The lowest BCUT2D eigenvalue weighted by Crippen LogP contribution is -2.30. The highest BCUT2D eigenvalue weighted by Gasteiger charge is 2.17. The van der Waals surface area contributed by atoms with Crippen LogP contribution in [0, 0.1) is 5.92 Å². The normalized spacial score (nSPS) is 15.9. The average Bonchev–Trinajstić information content (AvgIpc) is 3.45. The maximum Gasteiger partial charge on any atom is 0.226 e. The molecule has 0 spiro atoms. The first-order chi connectivity index (χ1) is 14.8. The van der Waals surface area contributed by atoms with Crippen molar-refractivity contribution in [1.82, 2.24) is 10.5 Å². The SMILES string of the molecule is O=C(Cc1cc(COCc2ccccc2-c2ccccc2)on1)NCC1CCOC1. The fraction of sp³-hybridized carbons (Fsp3) is 0.333. The number of aromatic nitrogens is 1. The van der Waals surface area contributed by atoms with E-state index in [0.29, 0.717) is 37.1 Å². The Morgan fingerprint density at radius 3 is 2.77 bits per heavy atom.